The van der Waals surface area contributed by atoms with E-state index < -0.39 is 10.0 Å². The Labute approximate surface area is 165 Å². The molecule has 0 N–H and O–H groups in total. The van der Waals surface area contributed by atoms with E-state index in [1.807, 2.05) is 54.6 Å². The molecular formula is C22H22N2O3S. The zero-order valence-electron chi connectivity index (χ0n) is 15.7. The number of sulfonamides is 1. The van der Waals surface area contributed by atoms with Crippen LogP contribution in [0.1, 0.15) is 17.3 Å². The standard InChI is InChI=1S/C22H22N2O3S/c1-17(25)18-6-9-21(10-7-18)23-12-14-24(15-13-23)28(26,27)22-11-8-19-4-2-3-5-20(19)16-22/h2-11,16H,12-15H2,1H3. The first-order valence-corrected chi connectivity index (χ1v) is 10.7. The van der Waals surface area contributed by atoms with Crippen LogP contribution in [0, 0.1) is 0 Å². The van der Waals surface area contributed by atoms with Gasteiger partial charge in [-0.3, -0.25) is 4.79 Å². The summed E-state index contributed by atoms with van der Waals surface area (Å²) >= 11 is 0. The third-order valence-corrected chi connectivity index (χ3v) is 7.13. The quantitative estimate of drug-likeness (QED) is 0.635. The van der Waals surface area contributed by atoms with Crippen molar-refractivity contribution in [3.05, 3.63) is 72.3 Å². The molecule has 0 spiro atoms. The Kier molecular flexibility index (Phi) is 4.91. The molecule has 6 heteroatoms. The van der Waals surface area contributed by atoms with Crippen LogP contribution in [-0.2, 0) is 10.0 Å². The summed E-state index contributed by atoms with van der Waals surface area (Å²) in [6, 6.07) is 20.5. The van der Waals surface area contributed by atoms with Crippen LogP contribution in [0.2, 0.25) is 0 Å². The number of Topliss-reactive ketones (excluding diaryl/α,β-unsaturated/α-hetero) is 1. The van der Waals surface area contributed by atoms with E-state index in [2.05, 4.69) is 4.90 Å². The minimum Gasteiger partial charge on any atom is -0.369 e. The molecule has 0 radical (unpaired) electrons. The summed E-state index contributed by atoms with van der Waals surface area (Å²) in [6.07, 6.45) is 0. The maximum atomic E-state index is 13.1. The van der Waals surface area contributed by atoms with Gasteiger partial charge in [-0.15, -0.1) is 0 Å². The first-order valence-electron chi connectivity index (χ1n) is 9.30. The van der Waals surface area contributed by atoms with Crippen LogP contribution in [0.25, 0.3) is 10.8 Å². The van der Waals surface area contributed by atoms with Crippen molar-refractivity contribution in [3.63, 3.8) is 0 Å². The highest BCUT2D eigenvalue weighted by molar-refractivity contribution is 7.89. The highest BCUT2D eigenvalue weighted by Crippen LogP contribution is 2.24. The summed E-state index contributed by atoms with van der Waals surface area (Å²) in [4.78, 5) is 13.9. The van der Waals surface area contributed by atoms with Gasteiger partial charge in [0.15, 0.2) is 5.78 Å². The first kappa shape index (κ1) is 18.7. The number of piperazine rings is 1. The van der Waals surface area contributed by atoms with Gasteiger partial charge in [0, 0.05) is 37.4 Å². The van der Waals surface area contributed by atoms with Gasteiger partial charge in [0.1, 0.15) is 0 Å². The highest BCUT2D eigenvalue weighted by Gasteiger charge is 2.28. The Morgan fingerprint density at radius 2 is 1.46 bits per heavy atom. The van der Waals surface area contributed by atoms with Gasteiger partial charge in [-0.25, -0.2) is 8.42 Å². The lowest BCUT2D eigenvalue weighted by molar-refractivity contribution is 0.101. The van der Waals surface area contributed by atoms with Crippen molar-refractivity contribution in [2.45, 2.75) is 11.8 Å². The molecule has 28 heavy (non-hydrogen) atoms. The van der Waals surface area contributed by atoms with Gasteiger partial charge in [-0.1, -0.05) is 30.3 Å². The summed E-state index contributed by atoms with van der Waals surface area (Å²) in [5, 5.41) is 1.95. The number of fused-ring (bicyclic) bond motifs is 1. The number of ketones is 1. The first-order chi connectivity index (χ1) is 13.4. The normalized spacial score (nSPS) is 15.7. The number of hydrogen-bond acceptors (Lipinski definition) is 4. The smallest absolute Gasteiger partial charge is 0.243 e. The predicted octanol–water partition coefficient (Wildman–Crippen LogP) is 3.55. The molecular weight excluding hydrogens is 372 g/mol. The molecule has 144 valence electrons. The predicted molar refractivity (Wildman–Crippen MR) is 111 cm³/mol. The average molecular weight is 394 g/mol. The van der Waals surface area contributed by atoms with Gasteiger partial charge in [0.25, 0.3) is 0 Å². The fourth-order valence-electron chi connectivity index (χ4n) is 3.57. The summed E-state index contributed by atoms with van der Waals surface area (Å²) in [5.74, 6) is 0.0397. The fraction of sp³-hybridized carbons (Fsp3) is 0.227. The SMILES string of the molecule is CC(=O)c1ccc(N2CCN(S(=O)(=O)c3ccc4ccccc4c3)CC2)cc1. The Bertz CT molecular complexity index is 1120. The largest absolute Gasteiger partial charge is 0.369 e. The van der Waals surface area contributed by atoms with Crippen LogP contribution in [-0.4, -0.2) is 44.7 Å². The Morgan fingerprint density at radius 3 is 2.11 bits per heavy atom. The van der Waals surface area contributed by atoms with Crippen LogP contribution < -0.4 is 4.90 Å². The van der Waals surface area contributed by atoms with Crippen molar-refractivity contribution in [3.8, 4) is 0 Å². The van der Waals surface area contributed by atoms with Gasteiger partial charge in [-0.2, -0.15) is 4.31 Å². The second-order valence-electron chi connectivity index (χ2n) is 7.00. The summed E-state index contributed by atoms with van der Waals surface area (Å²) in [5.41, 5.74) is 1.69. The van der Waals surface area contributed by atoms with Crippen molar-refractivity contribution in [1.82, 2.24) is 4.31 Å². The van der Waals surface area contributed by atoms with Crippen LogP contribution in [0.15, 0.2) is 71.6 Å². The van der Waals surface area contributed by atoms with Crippen LogP contribution in [0.4, 0.5) is 5.69 Å². The molecule has 5 nitrogen and oxygen atoms in total. The number of rotatable bonds is 4. The van der Waals surface area contributed by atoms with Crippen LogP contribution in [0.5, 0.6) is 0 Å². The van der Waals surface area contributed by atoms with Crippen molar-refractivity contribution < 1.29 is 13.2 Å². The van der Waals surface area contributed by atoms with E-state index in [1.165, 1.54) is 0 Å². The van der Waals surface area contributed by atoms with E-state index >= 15 is 0 Å². The topological polar surface area (TPSA) is 57.7 Å². The minimum atomic E-state index is -3.52. The summed E-state index contributed by atoms with van der Waals surface area (Å²) in [7, 11) is -3.52. The number of hydrogen-bond donors (Lipinski definition) is 0. The number of anilines is 1. The van der Waals surface area contributed by atoms with Crippen molar-refractivity contribution in [2.24, 2.45) is 0 Å². The van der Waals surface area contributed by atoms with E-state index in [0.717, 1.165) is 16.5 Å². The number of carbonyl (C=O) groups is 1. The summed E-state index contributed by atoms with van der Waals surface area (Å²) in [6.45, 7) is 3.65. The monoisotopic (exact) mass is 394 g/mol. The number of nitrogens with zero attached hydrogens (tertiary/aromatic N) is 2. The van der Waals surface area contributed by atoms with Crippen molar-refractivity contribution >= 4 is 32.3 Å². The highest BCUT2D eigenvalue weighted by atomic mass is 32.2. The zero-order valence-corrected chi connectivity index (χ0v) is 16.5. The van der Waals surface area contributed by atoms with E-state index in [4.69, 9.17) is 0 Å². The van der Waals surface area contributed by atoms with Gasteiger partial charge in [0.05, 0.1) is 4.90 Å². The summed E-state index contributed by atoms with van der Waals surface area (Å²) < 4.78 is 27.7. The fourth-order valence-corrected chi connectivity index (χ4v) is 5.03. The maximum absolute atomic E-state index is 13.1. The zero-order chi connectivity index (χ0) is 19.7. The molecule has 0 atom stereocenters. The molecule has 0 unspecified atom stereocenters. The Hall–Kier alpha value is -2.70. The lowest BCUT2D eigenvalue weighted by atomic mass is 10.1. The Morgan fingerprint density at radius 1 is 0.821 bits per heavy atom. The molecule has 1 aliphatic rings. The van der Waals surface area contributed by atoms with Gasteiger partial charge in [0.2, 0.25) is 10.0 Å². The average Bonchev–Trinajstić information content (AvgIpc) is 2.73. The van der Waals surface area contributed by atoms with Crippen molar-refractivity contribution in [1.29, 1.82) is 0 Å². The van der Waals surface area contributed by atoms with E-state index in [0.29, 0.717) is 36.6 Å². The lowest BCUT2D eigenvalue weighted by Crippen LogP contribution is -2.48. The number of carbonyl (C=O) groups excluding carboxylic acids is 1. The molecule has 1 fully saturated rings. The number of benzene rings is 3. The maximum Gasteiger partial charge on any atom is 0.243 e. The molecule has 0 bridgehead atoms. The van der Waals surface area contributed by atoms with Gasteiger partial charge < -0.3 is 4.90 Å². The van der Waals surface area contributed by atoms with Crippen LogP contribution in [0.3, 0.4) is 0 Å². The van der Waals surface area contributed by atoms with Crippen LogP contribution >= 0.6 is 0 Å². The molecule has 1 saturated heterocycles. The third-order valence-electron chi connectivity index (χ3n) is 5.24. The van der Waals surface area contributed by atoms with E-state index in [9.17, 15) is 13.2 Å². The molecule has 3 aromatic rings. The van der Waals surface area contributed by atoms with Crippen molar-refractivity contribution in [2.75, 3.05) is 31.1 Å². The Balaban J connectivity index is 1.49. The van der Waals surface area contributed by atoms with Gasteiger partial charge in [-0.05, 0) is 54.1 Å². The molecule has 0 amide bonds. The molecule has 0 aliphatic carbocycles. The molecule has 4 rings (SSSR count). The molecule has 0 aromatic heterocycles. The lowest BCUT2D eigenvalue weighted by Gasteiger charge is -2.35. The van der Waals surface area contributed by atoms with E-state index in [1.54, 1.807) is 23.4 Å². The second-order valence-corrected chi connectivity index (χ2v) is 8.94. The third kappa shape index (κ3) is 3.53. The minimum absolute atomic E-state index is 0.0397. The van der Waals surface area contributed by atoms with Gasteiger partial charge >= 0.3 is 0 Å². The molecule has 1 heterocycles. The van der Waals surface area contributed by atoms with E-state index in [-0.39, 0.29) is 5.78 Å². The second kappa shape index (κ2) is 7.37. The molecule has 3 aromatic carbocycles. The molecule has 0 saturated carbocycles. The molecule has 1 aliphatic heterocycles.